The summed E-state index contributed by atoms with van der Waals surface area (Å²) in [5.41, 5.74) is 1.69. The number of ether oxygens (including phenoxy) is 2. The van der Waals surface area contributed by atoms with Crippen LogP contribution in [0.15, 0.2) is 6.20 Å². The van der Waals surface area contributed by atoms with Crippen LogP contribution in [-0.4, -0.2) is 45.6 Å². The Bertz CT molecular complexity index is 833. The monoisotopic (exact) mass is 392 g/mol. The zero-order valence-electron chi connectivity index (χ0n) is 15.9. The van der Waals surface area contributed by atoms with E-state index in [2.05, 4.69) is 39.1 Å². The summed E-state index contributed by atoms with van der Waals surface area (Å²) in [5, 5.41) is 11.9. The molecule has 2 aromatic rings. The summed E-state index contributed by atoms with van der Waals surface area (Å²) in [4.78, 5) is 8.84. The number of nitrogens with one attached hydrogen (secondary N) is 2. The topological polar surface area (TPSA) is 86.1 Å². The lowest BCUT2D eigenvalue weighted by Gasteiger charge is -2.34. The fraction of sp³-hybridized carbons (Fsp3) is 0.611. The maximum atomic E-state index is 6.24. The average Bonchev–Trinajstić information content (AvgIpc) is 2.94. The van der Waals surface area contributed by atoms with E-state index < -0.39 is 0 Å². The van der Waals surface area contributed by atoms with Crippen molar-refractivity contribution < 1.29 is 9.47 Å². The van der Waals surface area contributed by atoms with Crippen LogP contribution in [-0.2, 0) is 10.3 Å². The van der Waals surface area contributed by atoms with Crippen LogP contribution in [0.2, 0.25) is 5.02 Å². The van der Waals surface area contributed by atoms with E-state index in [1.807, 2.05) is 6.92 Å². The minimum Gasteiger partial charge on any atom is -0.475 e. The number of halogens is 1. The number of nitrogens with zero attached hydrogens (tertiary/aromatic N) is 4. The summed E-state index contributed by atoms with van der Waals surface area (Å²) in [6.45, 7) is 8.35. The molecular formula is C18H25ClN6O2. The molecule has 1 atom stereocenters. The lowest BCUT2D eigenvalue weighted by molar-refractivity contribution is 0.0226. The van der Waals surface area contributed by atoms with Gasteiger partial charge in [0.25, 0.3) is 5.88 Å². The highest BCUT2D eigenvalue weighted by atomic mass is 35.5. The number of fused-ring (bicyclic) bond motifs is 3. The molecule has 0 radical (unpaired) electrons. The molecule has 0 aromatic carbocycles. The molecular weight excluding hydrogens is 368 g/mol. The maximum Gasteiger partial charge on any atom is 0.257 e. The van der Waals surface area contributed by atoms with Crippen LogP contribution in [0.1, 0.15) is 38.8 Å². The third-order valence-electron chi connectivity index (χ3n) is 5.32. The fourth-order valence-electron chi connectivity index (χ4n) is 3.55. The van der Waals surface area contributed by atoms with Gasteiger partial charge in [-0.15, -0.1) is 5.10 Å². The molecule has 2 bridgehead atoms. The number of aromatic nitrogens is 4. The molecule has 4 heterocycles. The molecule has 27 heavy (non-hydrogen) atoms. The molecule has 1 fully saturated rings. The largest absolute Gasteiger partial charge is 0.475 e. The van der Waals surface area contributed by atoms with Gasteiger partial charge in [-0.3, -0.25) is 4.68 Å². The molecule has 9 heteroatoms. The van der Waals surface area contributed by atoms with Gasteiger partial charge in [-0.1, -0.05) is 11.6 Å². The molecule has 1 saturated heterocycles. The van der Waals surface area contributed by atoms with Gasteiger partial charge in [-0.05, 0) is 33.6 Å². The van der Waals surface area contributed by atoms with Crippen LogP contribution in [0.4, 0.5) is 17.5 Å². The van der Waals surface area contributed by atoms with Crippen molar-refractivity contribution in [1.29, 1.82) is 0 Å². The van der Waals surface area contributed by atoms with Crippen molar-refractivity contribution in [3.05, 3.63) is 16.9 Å². The van der Waals surface area contributed by atoms with Crippen LogP contribution in [0.3, 0.4) is 0 Å². The summed E-state index contributed by atoms with van der Waals surface area (Å²) in [6.07, 6.45) is 4.23. The molecule has 146 valence electrons. The van der Waals surface area contributed by atoms with Crippen molar-refractivity contribution in [2.45, 2.75) is 51.6 Å². The Hall–Kier alpha value is -2.06. The van der Waals surface area contributed by atoms with Crippen LogP contribution in [0.5, 0.6) is 5.88 Å². The summed E-state index contributed by atoms with van der Waals surface area (Å²) >= 11 is 6.24. The van der Waals surface area contributed by atoms with E-state index in [0.29, 0.717) is 29.3 Å². The highest BCUT2D eigenvalue weighted by molar-refractivity contribution is 6.32. The zero-order valence-corrected chi connectivity index (χ0v) is 16.6. The van der Waals surface area contributed by atoms with Gasteiger partial charge in [-0.2, -0.15) is 4.98 Å². The van der Waals surface area contributed by atoms with Gasteiger partial charge in [0.2, 0.25) is 5.95 Å². The van der Waals surface area contributed by atoms with Gasteiger partial charge in [0.15, 0.2) is 5.82 Å². The van der Waals surface area contributed by atoms with Gasteiger partial charge >= 0.3 is 0 Å². The normalized spacial score (nSPS) is 21.9. The van der Waals surface area contributed by atoms with Crippen LogP contribution < -0.4 is 15.4 Å². The Labute approximate surface area is 163 Å². The Morgan fingerprint density at radius 2 is 2.07 bits per heavy atom. The second kappa shape index (κ2) is 7.16. The summed E-state index contributed by atoms with van der Waals surface area (Å²) in [5.74, 6) is 1.65. The van der Waals surface area contributed by atoms with Crippen molar-refractivity contribution in [1.82, 2.24) is 19.7 Å². The lowest BCUT2D eigenvalue weighted by Crippen LogP contribution is -2.38. The van der Waals surface area contributed by atoms with E-state index in [-0.39, 0.29) is 11.6 Å². The number of hydrogen-bond acceptors (Lipinski definition) is 7. The standard InChI is InChI=1S/C18H25ClN6O2/c1-11-4-7-27-16-14(22-17-20-10-13(19)15(21-11)23-17)12(2)25(24-16)18(3)5-8-26-9-6-18/h10-11H,4-9H2,1-3H3,(H2,20,21,22,23). The van der Waals surface area contributed by atoms with Crippen LogP contribution in [0, 0.1) is 6.92 Å². The minimum absolute atomic E-state index is 0.0989. The molecule has 2 N–H and O–H groups in total. The minimum atomic E-state index is -0.0989. The Morgan fingerprint density at radius 1 is 1.30 bits per heavy atom. The van der Waals surface area contributed by atoms with E-state index in [4.69, 9.17) is 26.2 Å². The van der Waals surface area contributed by atoms with Crippen molar-refractivity contribution in [2.75, 3.05) is 30.5 Å². The van der Waals surface area contributed by atoms with Gasteiger partial charge in [0, 0.05) is 25.7 Å². The molecule has 2 aromatic heterocycles. The molecule has 1 unspecified atom stereocenters. The summed E-state index contributed by atoms with van der Waals surface area (Å²) in [6, 6.07) is 0.156. The quantitative estimate of drug-likeness (QED) is 0.768. The van der Waals surface area contributed by atoms with E-state index in [0.717, 1.165) is 43.9 Å². The van der Waals surface area contributed by atoms with Crippen molar-refractivity contribution >= 4 is 29.1 Å². The maximum absolute atomic E-state index is 6.24. The Kier molecular flexibility index (Phi) is 4.86. The van der Waals surface area contributed by atoms with E-state index in [1.165, 1.54) is 0 Å². The first-order valence-electron chi connectivity index (χ1n) is 9.33. The van der Waals surface area contributed by atoms with E-state index >= 15 is 0 Å². The van der Waals surface area contributed by atoms with Gasteiger partial charge in [-0.25, -0.2) is 4.98 Å². The fourth-order valence-corrected chi connectivity index (χ4v) is 3.69. The molecule has 0 amide bonds. The highest BCUT2D eigenvalue weighted by Crippen LogP contribution is 2.37. The number of hydrogen-bond donors (Lipinski definition) is 2. The first kappa shape index (κ1) is 18.3. The third-order valence-corrected chi connectivity index (χ3v) is 5.60. The summed E-state index contributed by atoms with van der Waals surface area (Å²) < 4.78 is 13.6. The van der Waals surface area contributed by atoms with E-state index in [1.54, 1.807) is 6.20 Å². The van der Waals surface area contributed by atoms with Gasteiger partial charge in [0.1, 0.15) is 10.7 Å². The van der Waals surface area contributed by atoms with Crippen molar-refractivity contribution in [2.24, 2.45) is 0 Å². The third kappa shape index (κ3) is 3.55. The van der Waals surface area contributed by atoms with Gasteiger partial charge in [0.05, 0.1) is 24.0 Å². The van der Waals surface area contributed by atoms with Crippen molar-refractivity contribution in [3.8, 4) is 5.88 Å². The predicted molar refractivity (Wildman–Crippen MR) is 104 cm³/mol. The lowest BCUT2D eigenvalue weighted by atomic mass is 9.92. The molecule has 0 spiro atoms. The van der Waals surface area contributed by atoms with E-state index in [9.17, 15) is 0 Å². The summed E-state index contributed by atoms with van der Waals surface area (Å²) in [7, 11) is 0. The van der Waals surface area contributed by atoms with Crippen molar-refractivity contribution in [3.63, 3.8) is 0 Å². The Balaban J connectivity index is 1.75. The average molecular weight is 393 g/mol. The molecule has 0 saturated carbocycles. The Morgan fingerprint density at radius 3 is 2.85 bits per heavy atom. The second-order valence-electron chi connectivity index (χ2n) is 7.48. The first-order valence-corrected chi connectivity index (χ1v) is 9.71. The van der Waals surface area contributed by atoms with Gasteiger partial charge < -0.3 is 20.1 Å². The molecule has 8 nitrogen and oxygen atoms in total. The first-order chi connectivity index (χ1) is 13.0. The highest BCUT2D eigenvalue weighted by Gasteiger charge is 2.34. The predicted octanol–water partition coefficient (Wildman–Crippen LogP) is 3.49. The molecule has 2 aliphatic heterocycles. The van der Waals surface area contributed by atoms with Crippen LogP contribution >= 0.6 is 11.6 Å². The number of anilines is 3. The zero-order chi connectivity index (χ0) is 19.0. The van der Waals surface area contributed by atoms with Crippen LogP contribution in [0.25, 0.3) is 0 Å². The molecule has 2 aliphatic rings. The second-order valence-corrected chi connectivity index (χ2v) is 7.89. The molecule has 0 aliphatic carbocycles. The smallest absolute Gasteiger partial charge is 0.257 e. The number of rotatable bonds is 1. The molecule has 4 rings (SSSR count). The SMILES string of the molecule is Cc1c2c(nn1C1(C)CCOCC1)OCCC(C)Nc1nc(ncc1Cl)N2.